The maximum Gasteiger partial charge on any atom is 0.307 e. The molecule has 0 aliphatic carbocycles. The van der Waals surface area contributed by atoms with Gasteiger partial charge in [0.25, 0.3) is 0 Å². The van der Waals surface area contributed by atoms with Crippen molar-refractivity contribution in [2.75, 3.05) is 6.54 Å². The molecule has 0 amide bonds. The van der Waals surface area contributed by atoms with Crippen LogP contribution in [-0.2, 0) is 26.2 Å². The molecule has 2 aromatic rings. The van der Waals surface area contributed by atoms with Crippen molar-refractivity contribution in [3.63, 3.8) is 0 Å². The lowest BCUT2D eigenvalue weighted by Crippen LogP contribution is -2.26. The van der Waals surface area contributed by atoms with Gasteiger partial charge in [0, 0.05) is 12.1 Å². The number of hydrogen-bond acceptors (Lipinski definition) is 5. The molecule has 0 spiro atoms. The number of thiophene rings is 1. The summed E-state index contributed by atoms with van der Waals surface area (Å²) in [5.74, 6) is -1.06. The fourth-order valence-electron chi connectivity index (χ4n) is 1.64. The molecule has 5 nitrogen and oxygen atoms in total. The van der Waals surface area contributed by atoms with E-state index in [9.17, 15) is 17.6 Å². The molecule has 9 heteroatoms. The average molecular weight is 378 g/mol. The summed E-state index contributed by atoms with van der Waals surface area (Å²) in [7, 11) is -3.59. The van der Waals surface area contributed by atoms with Gasteiger partial charge < -0.3 is 4.74 Å². The number of ether oxygens (including phenoxy) is 1. The highest BCUT2D eigenvalue weighted by Crippen LogP contribution is 2.18. The van der Waals surface area contributed by atoms with Crippen molar-refractivity contribution in [2.45, 2.75) is 17.2 Å². The van der Waals surface area contributed by atoms with Crippen molar-refractivity contribution in [3.05, 3.63) is 52.1 Å². The minimum Gasteiger partial charge on any atom is -0.461 e. The van der Waals surface area contributed by atoms with Crippen molar-refractivity contribution >= 4 is 38.9 Å². The van der Waals surface area contributed by atoms with Gasteiger partial charge in [0.05, 0.1) is 11.4 Å². The summed E-state index contributed by atoms with van der Waals surface area (Å²) in [4.78, 5) is 11.6. The Kier molecular flexibility index (Phi) is 6.11. The molecule has 124 valence electrons. The molecular formula is C14H13ClFNO4S2. The van der Waals surface area contributed by atoms with Crippen molar-refractivity contribution in [2.24, 2.45) is 0 Å². The monoisotopic (exact) mass is 377 g/mol. The summed E-state index contributed by atoms with van der Waals surface area (Å²) in [5.41, 5.74) is 0.473. The van der Waals surface area contributed by atoms with E-state index in [0.717, 1.165) is 17.4 Å². The van der Waals surface area contributed by atoms with Crippen LogP contribution in [0.25, 0.3) is 0 Å². The Morgan fingerprint density at radius 3 is 2.78 bits per heavy atom. The van der Waals surface area contributed by atoms with Gasteiger partial charge in [0.2, 0.25) is 10.0 Å². The molecule has 0 fully saturated rings. The van der Waals surface area contributed by atoms with E-state index in [-0.39, 0.29) is 28.8 Å². The highest BCUT2D eigenvalue weighted by atomic mass is 35.5. The zero-order chi connectivity index (χ0) is 16.9. The summed E-state index contributed by atoms with van der Waals surface area (Å²) >= 11 is 6.90. The molecule has 23 heavy (non-hydrogen) atoms. The van der Waals surface area contributed by atoms with E-state index in [4.69, 9.17) is 16.3 Å². The van der Waals surface area contributed by atoms with Gasteiger partial charge >= 0.3 is 5.97 Å². The van der Waals surface area contributed by atoms with E-state index >= 15 is 0 Å². The van der Waals surface area contributed by atoms with E-state index < -0.39 is 21.8 Å². The number of benzene rings is 1. The molecule has 0 aliphatic heterocycles. The van der Waals surface area contributed by atoms with Gasteiger partial charge in [-0.05, 0) is 23.6 Å². The third-order valence-electron chi connectivity index (χ3n) is 2.78. The van der Waals surface area contributed by atoms with Gasteiger partial charge in [-0.15, -0.1) is 11.3 Å². The summed E-state index contributed by atoms with van der Waals surface area (Å²) in [6.45, 7) is -0.175. The van der Waals surface area contributed by atoms with Gasteiger partial charge in [0.15, 0.2) is 0 Å². The predicted molar refractivity (Wildman–Crippen MR) is 85.3 cm³/mol. The number of nitrogens with one attached hydrogen (secondary N) is 1. The van der Waals surface area contributed by atoms with Gasteiger partial charge in [-0.1, -0.05) is 23.7 Å². The smallest absolute Gasteiger partial charge is 0.307 e. The molecule has 0 bridgehead atoms. The van der Waals surface area contributed by atoms with E-state index in [1.165, 1.54) is 18.2 Å². The standard InChI is InChI=1S/C14H13ClFNO4S2/c15-12-8-11(16)4-3-10(12)9-21-13(18)5-6-17-23(19,20)14-2-1-7-22-14/h1-4,7-8,17H,5-6,9H2. The fraction of sp³-hybridized carbons (Fsp3) is 0.214. The Balaban J connectivity index is 1.77. The Labute approximate surface area is 142 Å². The van der Waals surface area contributed by atoms with E-state index in [2.05, 4.69) is 4.72 Å². The van der Waals surface area contributed by atoms with Crippen LogP contribution in [0, 0.1) is 5.82 Å². The van der Waals surface area contributed by atoms with Crippen LogP contribution >= 0.6 is 22.9 Å². The van der Waals surface area contributed by atoms with Crippen LogP contribution in [0.2, 0.25) is 5.02 Å². The van der Waals surface area contributed by atoms with E-state index in [1.807, 2.05) is 0 Å². The molecule has 1 aromatic heterocycles. The Morgan fingerprint density at radius 2 is 2.13 bits per heavy atom. The van der Waals surface area contributed by atoms with Crippen LogP contribution in [0.4, 0.5) is 4.39 Å². The maximum absolute atomic E-state index is 12.9. The van der Waals surface area contributed by atoms with Gasteiger partial charge in [-0.25, -0.2) is 17.5 Å². The highest BCUT2D eigenvalue weighted by Gasteiger charge is 2.15. The summed E-state index contributed by atoms with van der Waals surface area (Å²) in [5, 5.41) is 1.81. The van der Waals surface area contributed by atoms with Crippen molar-refractivity contribution in [1.82, 2.24) is 4.72 Å². The topological polar surface area (TPSA) is 72.5 Å². The summed E-state index contributed by atoms with van der Waals surface area (Å²) < 4.78 is 44.0. The lowest BCUT2D eigenvalue weighted by atomic mass is 10.2. The zero-order valence-electron chi connectivity index (χ0n) is 11.8. The normalized spacial score (nSPS) is 11.4. The third kappa shape index (κ3) is 5.28. The fourth-order valence-corrected chi connectivity index (χ4v) is 3.94. The van der Waals surface area contributed by atoms with Crippen LogP contribution in [0.3, 0.4) is 0 Å². The third-order valence-corrected chi connectivity index (χ3v) is 6.00. The van der Waals surface area contributed by atoms with Crippen molar-refractivity contribution in [3.8, 4) is 0 Å². The first-order valence-electron chi connectivity index (χ1n) is 6.51. The molecule has 2 rings (SSSR count). The number of sulfonamides is 1. The second-order valence-corrected chi connectivity index (χ2v) is 7.82. The SMILES string of the molecule is O=C(CCNS(=O)(=O)c1cccs1)OCc1ccc(F)cc1Cl. The number of halogens is 2. The molecule has 0 radical (unpaired) electrons. The molecule has 0 saturated heterocycles. The molecule has 0 saturated carbocycles. The molecule has 1 heterocycles. The zero-order valence-corrected chi connectivity index (χ0v) is 14.2. The molecule has 0 unspecified atom stereocenters. The summed E-state index contributed by atoms with van der Waals surface area (Å²) in [6, 6.07) is 6.86. The number of rotatable bonds is 7. The van der Waals surface area contributed by atoms with Gasteiger partial charge in [0.1, 0.15) is 16.6 Å². The van der Waals surface area contributed by atoms with Gasteiger partial charge in [-0.2, -0.15) is 0 Å². The molecule has 1 aromatic carbocycles. The maximum atomic E-state index is 12.9. The number of esters is 1. The Hall–Kier alpha value is -1.48. The largest absolute Gasteiger partial charge is 0.461 e. The van der Waals surface area contributed by atoms with Crippen molar-refractivity contribution in [1.29, 1.82) is 0 Å². The van der Waals surface area contributed by atoms with Crippen LogP contribution < -0.4 is 4.72 Å². The van der Waals surface area contributed by atoms with E-state index in [1.54, 1.807) is 11.4 Å². The lowest BCUT2D eigenvalue weighted by Gasteiger charge is -2.07. The molecular weight excluding hydrogens is 365 g/mol. The van der Waals surface area contributed by atoms with E-state index in [0.29, 0.717) is 5.56 Å². The number of carbonyl (C=O) groups is 1. The van der Waals surface area contributed by atoms with Crippen LogP contribution in [0.1, 0.15) is 12.0 Å². The molecule has 1 N–H and O–H groups in total. The minimum absolute atomic E-state index is 0.0732. The number of carbonyl (C=O) groups excluding carboxylic acids is 1. The number of hydrogen-bond donors (Lipinski definition) is 1. The Bertz CT molecular complexity index is 778. The quantitative estimate of drug-likeness (QED) is 0.753. The van der Waals surface area contributed by atoms with Crippen molar-refractivity contribution < 1.29 is 22.3 Å². The predicted octanol–water partition coefficient (Wildman–Crippen LogP) is 2.95. The van der Waals surface area contributed by atoms with Crippen LogP contribution in [0.15, 0.2) is 39.9 Å². The second kappa shape index (κ2) is 7.87. The lowest BCUT2D eigenvalue weighted by molar-refractivity contribution is -0.144. The first kappa shape index (κ1) is 17.9. The average Bonchev–Trinajstić information content (AvgIpc) is 3.01. The van der Waals surface area contributed by atoms with Crippen LogP contribution in [0.5, 0.6) is 0 Å². The Morgan fingerprint density at radius 1 is 1.35 bits per heavy atom. The minimum atomic E-state index is -3.59. The molecule has 0 aliphatic rings. The first-order chi connectivity index (χ1) is 10.9. The summed E-state index contributed by atoms with van der Waals surface area (Å²) in [6.07, 6.45) is -0.122. The first-order valence-corrected chi connectivity index (χ1v) is 9.25. The van der Waals surface area contributed by atoms with Crippen LogP contribution in [-0.4, -0.2) is 20.9 Å². The second-order valence-electron chi connectivity index (χ2n) is 4.48. The van der Waals surface area contributed by atoms with Gasteiger partial charge in [-0.3, -0.25) is 4.79 Å². The molecule has 0 atom stereocenters. The highest BCUT2D eigenvalue weighted by molar-refractivity contribution is 7.91.